The number of nitrogens with two attached hydrogens (primary N) is 1. The van der Waals surface area contributed by atoms with Gasteiger partial charge >= 0.3 is 0 Å². The Labute approximate surface area is 166 Å². The maximum Gasteiger partial charge on any atom is 0.291 e. The van der Waals surface area contributed by atoms with Crippen molar-refractivity contribution in [2.75, 3.05) is 31.6 Å². The highest BCUT2D eigenvalue weighted by Gasteiger charge is 2.27. The predicted molar refractivity (Wildman–Crippen MR) is 99.1 cm³/mol. The number of rotatable bonds is 5. The summed E-state index contributed by atoms with van der Waals surface area (Å²) in [4.78, 5) is 12.2. The fourth-order valence-corrected chi connectivity index (χ4v) is 4.54. The molecule has 0 aliphatic carbocycles. The summed E-state index contributed by atoms with van der Waals surface area (Å²) >= 11 is 6.05. The van der Waals surface area contributed by atoms with Gasteiger partial charge in [-0.25, -0.2) is 22.0 Å². The van der Waals surface area contributed by atoms with E-state index < -0.39 is 31.0 Å². The molecule has 13 heteroatoms. The van der Waals surface area contributed by atoms with E-state index in [9.17, 15) is 21.6 Å². The zero-order valence-electron chi connectivity index (χ0n) is 14.3. The van der Waals surface area contributed by atoms with Crippen molar-refractivity contribution in [2.24, 2.45) is 5.14 Å². The Kier molecular flexibility index (Phi) is 5.79. The van der Waals surface area contributed by atoms with Crippen molar-refractivity contribution in [1.29, 1.82) is 0 Å². The summed E-state index contributed by atoms with van der Waals surface area (Å²) < 4.78 is 59.3. The lowest BCUT2D eigenvalue weighted by molar-refractivity contribution is 0.0730. The molecular formula is C15H16ClN3O7S2. The average molecular weight is 450 g/mol. The lowest BCUT2D eigenvalue weighted by atomic mass is 10.3. The van der Waals surface area contributed by atoms with E-state index in [0.29, 0.717) is 13.2 Å². The van der Waals surface area contributed by atoms with E-state index in [1.807, 2.05) is 0 Å². The van der Waals surface area contributed by atoms with Gasteiger partial charge in [0, 0.05) is 13.1 Å². The zero-order valence-corrected chi connectivity index (χ0v) is 16.7. The number of amides is 1. The molecule has 1 amide bonds. The fraction of sp³-hybridized carbons (Fsp3) is 0.267. The van der Waals surface area contributed by atoms with Crippen LogP contribution in [0.5, 0.6) is 0 Å². The second kappa shape index (κ2) is 7.81. The number of anilines is 1. The molecule has 1 fully saturated rings. The number of hydrogen-bond acceptors (Lipinski definition) is 7. The SMILES string of the molecule is NS(=O)(=O)c1ccc(C(=O)Nc2cc(S(=O)(=O)N3CCOCC3)ccc2Cl)o1. The molecule has 10 nitrogen and oxygen atoms in total. The number of nitrogens with one attached hydrogen (secondary N) is 1. The maximum atomic E-state index is 12.7. The summed E-state index contributed by atoms with van der Waals surface area (Å²) in [5.41, 5.74) is 0.0227. The Balaban J connectivity index is 1.85. The predicted octanol–water partition coefficient (Wildman–Crippen LogP) is 0.854. The third-order valence-electron chi connectivity index (χ3n) is 3.88. The van der Waals surface area contributed by atoms with Gasteiger partial charge in [-0.05, 0) is 30.3 Å². The van der Waals surface area contributed by atoms with E-state index in [1.165, 1.54) is 22.5 Å². The summed E-state index contributed by atoms with van der Waals surface area (Å²) in [6, 6.07) is 6.04. The molecule has 2 aromatic rings. The van der Waals surface area contributed by atoms with Crippen molar-refractivity contribution in [2.45, 2.75) is 9.99 Å². The molecule has 0 radical (unpaired) electrons. The standard InChI is InChI=1S/C15H16ClN3O7S2/c16-11-2-1-10(28(23,24)19-5-7-25-8-6-19)9-12(11)18-15(20)13-3-4-14(26-13)27(17,21)22/h1-4,9H,5-8H2,(H,18,20)(H2,17,21,22). The number of hydrogen-bond donors (Lipinski definition) is 2. The molecule has 0 bridgehead atoms. The summed E-state index contributed by atoms with van der Waals surface area (Å²) in [7, 11) is -7.90. The zero-order chi connectivity index (χ0) is 20.5. The normalized spacial score (nSPS) is 16.1. The van der Waals surface area contributed by atoms with Crippen molar-refractivity contribution < 1.29 is 30.8 Å². The first-order valence-corrected chi connectivity index (χ1v) is 11.3. The number of benzene rings is 1. The Hall–Kier alpha value is -1.96. The number of halogens is 1. The number of sulfonamides is 2. The van der Waals surface area contributed by atoms with Crippen molar-refractivity contribution in [1.82, 2.24) is 4.31 Å². The van der Waals surface area contributed by atoms with Gasteiger partial charge in [0.1, 0.15) is 0 Å². The molecule has 152 valence electrons. The third kappa shape index (κ3) is 4.37. The summed E-state index contributed by atoms with van der Waals surface area (Å²) in [5.74, 6) is -1.15. The molecule has 0 saturated carbocycles. The highest BCUT2D eigenvalue weighted by molar-refractivity contribution is 7.89. The van der Waals surface area contributed by atoms with Crippen LogP contribution in [0.2, 0.25) is 5.02 Å². The molecular weight excluding hydrogens is 434 g/mol. The van der Waals surface area contributed by atoms with E-state index in [0.717, 1.165) is 12.1 Å². The highest BCUT2D eigenvalue weighted by Crippen LogP contribution is 2.28. The minimum absolute atomic E-state index is 0.0227. The van der Waals surface area contributed by atoms with Gasteiger partial charge in [0.05, 0.1) is 28.8 Å². The van der Waals surface area contributed by atoms with Gasteiger partial charge < -0.3 is 14.5 Å². The summed E-state index contributed by atoms with van der Waals surface area (Å²) in [6.45, 7) is 1.02. The van der Waals surface area contributed by atoms with E-state index in [-0.39, 0.29) is 34.5 Å². The van der Waals surface area contributed by atoms with Gasteiger partial charge in [-0.3, -0.25) is 4.79 Å². The van der Waals surface area contributed by atoms with Gasteiger partial charge in [0.2, 0.25) is 15.1 Å². The Bertz CT molecular complexity index is 1110. The highest BCUT2D eigenvalue weighted by atomic mass is 35.5. The largest absolute Gasteiger partial charge is 0.438 e. The molecule has 1 saturated heterocycles. The van der Waals surface area contributed by atoms with E-state index in [1.54, 1.807) is 0 Å². The number of carbonyl (C=O) groups excluding carboxylic acids is 1. The fourth-order valence-electron chi connectivity index (χ4n) is 2.48. The van der Waals surface area contributed by atoms with Gasteiger partial charge in [-0.15, -0.1) is 0 Å². The molecule has 0 spiro atoms. The molecule has 1 aromatic carbocycles. The molecule has 0 unspecified atom stereocenters. The first kappa shape index (κ1) is 20.8. The van der Waals surface area contributed by atoms with E-state index >= 15 is 0 Å². The summed E-state index contributed by atoms with van der Waals surface area (Å²) in [5, 5.41) is 6.84. The van der Waals surface area contributed by atoms with Crippen molar-refractivity contribution >= 4 is 43.2 Å². The van der Waals surface area contributed by atoms with Crippen LogP contribution in [0, 0.1) is 0 Å². The van der Waals surface area contributed by atoms with Crippen molar-refractivity contribution in [3.8, 4) is 0 Å². The van der Waals surface area contributed by atoms with Gasteiger partial charge in [-0.2, -0.15) is 4.31 Å². The Morgan fingerprint density at radius 3 is 2.39 bits per heavy atom. The van der Waals surface area contributed by atoms with Crippen LogP contribution < -0.4 is 10.5 Å². The van der Waals surface area contributed by atoms with Crippen LogP contribution in [0.1, 0.15) is 10.6 Å². The summed E-state index contributed by atoms with van der Waals surface area (Å²) in [6.07, 6.45) is 0. The lowest BCUT2D eigenvalue weighted by Crippen LogP contribution is -2.40. The molecule has 1 aliphatic rings. The number of furan rings is 1. The van der Waals surface area contributed by atoms with Crippen LogP contribution in [0.25, 0.3) is 0 Å². The minimum atomic E-state index is -4.10. The second-order valence-electron chi connectivity index (χ2n) is 5.78. The third-order valence-corrected chi connectivity index (χ3v) is 6.88. The van der Waals surface area contributed by atoms with Gasteiger partial charge in [0.15, 0.2) is 5.76 Å². The van der Waals surface area contributed by atoms with Gasteiger partial charge in [0.25, 0.3) is 15.9 Å². The molecule has 3 rings (SSSR count). The molecule has 3 N–H and O–H groups in total. The topological polar surface area (TPSA) is 149 Å². The average Bonchev–Trinajstić information content (AvgIpc) is 3.15. The van der Waals surface area contributed by atoms with E-state index in [2.05, 4.69) is 5.32 Å². The van der Waals surface area contributed by atoms with Crippen LogP contribution in [0.3, 0.4) is 0 Å². The molecule has 1 aromatic heterocycles. The smallest absolute Gasteiger partial charge is 0.291 e. The number of ether oxygens (including phenoxy) is 1. The number of carbonyl (C=O) groups is 1. The lowest BCUT2D eigenvalue weighted by Gasteiger charge is -2.26. The van der Waals surface area contributed by atoms with E-state index in [4.69, 9.17) is 25.9 Å². The van der Waals surface area contributed by atoms with Crippen LogP contribution in [0.15, 0.2) is 44.7 Å². The number of primary sulfonamides is 1. The Morgan fingerprint density at radius 2 is 1.79 bits per heavy atom. The first-order valence-electron chi connectivity index (χ1n) is 7.90. The van der Waals surface area contributed by atoms with Gasteiger partial charge in [-0.1, -0.05) is 11.6 Å². The molecule has 2 heterocycles. The van der Waals surface area contributed by atoms with Crippen LogP contribution in [0.4, 0.5) is 5.69 Å². The first-order chi connectivity index (χ1) is 13.1. The molecule has 1 aliphatic heterocycles. The van der Waals surface area contributed by atoms with Crippen molar-refractivity contribution in [3.05, 3.63) is 41.1 Å². The quantitative estimate of drug-likeness (QED) is 0.687. The minimum Gasteiger partial charge on any atom is -0.438 e. The molecule has 0 atom stereocenters. The Morgan fingerprint density at radius 1 is 1.11 bits per heavy atom. The second-order valence-corrected chi connectivity index (χ2v) is 9.61. The van der Waals surface area contributed by atoms with Crippen LogP contribution in [-0.2, 0) is 24.8 Å². The monoisotopic (exact) mass is 449 g/mol. The van der Waals surface area contributed by atoms with Crippen LogP contribution >= 0.6 is 11.6 Å². The maximum absolute atomic E-state index is 12.7. The number of nitrogens with zero attached hydrogens (tertiary/aromatic N) is 1. The molecule has 28 heavy (non-hydrogen) atoms. The number of morpholine rings is 1. The van der Waals surface area contributed by atoms with Crippen molar-refractivity contribution in [3.63, 3.8) is 0 Å². The van der Waals surface area contributed by atoms with Crippen LogP contribution in [-0.4, -0.2) is 53.4 Å².